The molecule has 3 aromatic rings. The molecule has 0 saturated carbocycles. The largest absolute Gasteiger partial charge is 0.466 e. The van der Waals surface area contributed by atoms with Crippen LogP contribution in [0.25, 0.3) is 16.3 Å². The molecule has 1 aliphatic carbocycles. The maximum absolute atomic E-state index is 13.7. The minimum Gasteiger partial charge on any atom is -0.466 e. The van der Waals surface area contributed by atoms with E-state index in [0.29, 0.717) is 23.6 Å². The SMILES string of the molecule is CCOC(=O)C1CC=C(c2cc(NS(=O)(=O)c3c(C)c(C)cc(C)c3C)c3ccccc3c2)CC1. The number of fused-ring (bicyclic) bond motifs is 1. The average Bonchev–Trinajstić information content (AvgIpc) is 2.83. The highest BCUT2D eigenvalue weighted by Crippen LogP contribution is 2.36. The van der Waals surface area contributed by atoms with Crippen molar-refractivity contribution in [3.8, 4) is 0 Å². The second-order valence-corrected chi connectivity index (χ2v) is 11.0. The molecule has 35 heavy (non-hydrogen) atoms. The van der Waals surface area contributed by atoms with Crippen LogP contribution in [0.2, 0.25) is 0 Å². The molecule has 0 heterocycles. The van der Waals surface area contributed by atoms with Gasteiger partial charge >= 0.3 is 5.97 Å². The van der Waals surface area contributed by atoms with Gasteiger partial charge in [0, 0.05) is 5.39 Å². The van der Waals surface area contributed by atoms with Gasteiger partial charge in [0.1, 0.15) is 0 Å². The third-order valence-corrected chi connectivity index (χ3v) is 8.71. The molecule has 0 radical (unpaired) electrons. The number of anilines is 1. The number of aryl methyl sites for hydroxylation is 2. The monoisotopic (exact) mass is 491 g/mol. The number of sulfonamides is 1. The quantitative estimate of drug-likeness (QED) is 0.393. The summed E-state index contributed by atoms with van der Waals surface area (Å²) in [7, 11) is -3.82. The van der Waals surface area contributed by atoms with Gasteiger partial charge in [-0.15, -0.1) is 0 Å². The minimum absolute atomic E-state index is 0.118. The van der Waals surface area contributed by atoms with Crippen LogP contribution in [0.1, 0.15) is 54.0 Å². The van der Waals surface area contributed by atoms with Gasteiger partial charge in [-0.25, -0.2) is 8.42 Å². The normalized spacial score (nSPS) is 16.1. The van der Waals surface area contributed by atoms with Crippen molar-refractivity contribution in [1.82, 2.24) is 0 Å². The Balaban J connectivity index is 1.75. The molecule has 0 fully saturated rings. The molecule has 0 saturated heterocycles. The molecule has 1 atom stereocenters. The summed E-state index contributed by atoms with van der Waals surface area (Å²) < 4.78 is 35.5. The second-order valence-electron chi connectivity index (χ2n) is 9.39. The van der Waals surface area contributed by atoms with E-state index in [2.05, 4.69) is 16.9 Å². The number of nitrogens with one attached hydrogen (secondary N) is 1. The van der Waals surface area contributed by atoms with Crippen LogP contribution < -0.4 is 4.72 Å². The number of ether oxygens (including phenoxy) is 1. The van der Waals surface area contributed by atoms with Gasteiger partial charge in [0.2, 0.25) is 0 Å². The Morgan fingerprint density at radius 1 is 1.03 bits per heavy atom. The Labute approximate surface area is 208 Å². The molecular formula is C29H33NO4S. The number of rotatable bonds is 6. The van der Waals surface area contributed by atoms with Gasteiger partial charge in [-0.2, -0.15) is 0 Å². The fourth-order valence-electron chi connectivity index (χ4n) is 4.93. The van der Waals surface area contributed by atoms with Crippen molar-refractivity contribution in [3.63, 3.8) is 0 Å². The van der Waals surface area contributed by atoms with Crippen molar-refractivity contribution in [3.05, 3.63) is 76.4 Å². The molecule has 1 aliphatic rings. The maximum atomic E-state index is 13.7. The molecular weight excluding hydrogens is 458 g/mol. The standard InChI is InChI=1S/C29H33NO4S/c1-6-34-29(31)23-13-11-22(12-14-23)25-16-24-9-7-8-10-26(24)27(17-25)30-35(32,33)28-20(4)18(2)15-19(3)21(28)5/h7-11,15-17,23,30H,6,12-14H2,1-5H3. The zero-order valence-corrected chi connectivity index (χ0v) is 21.9. The van der Waals surface area contributed by atoms with Gasteiger partial charge in [0.15, 0.2) is 0 Å². The fourth-order valence-corrected chi connectivity index (χ4v) is 6.62. The lowest BCUT2D eigenvalue weighted by Gasteiger charge is -2.22. The number of carbonyl (C=O) groups excluding carboxylic acids is 1. The number of hydrogen-bond donors (Lipinski definition) is 1. The first-order valence-corrected chi connectivity index (χ1v) is 13.6. The summed E-state index contributed by atoms with van der Waals surface area (Å²) in [5.41, 5.74) is 6.09. The average molecular weight is 492 g/mol. The van der Waals surface area contributed by atoms with E-state index in [9.17, 15) is 13.2 Å². The van der Waals surface area contributed by atoms with Crippen molar-refractivity contribution >= 4 is 38.0 Å². The summed E-state index contributed by atoms with van der Waals surface area (Å²) in [6, 6.07) is 13.8. The van der Waals surface area contributed by atoms with E-state index < -0.39 is 10.0 Å². The van der Waals surface area contributed by atoms with E-state index in [1.165, 1.54) is 0 Å². The van der Waals surface area contributed by atoms with E-state index in [1.807, 2.05) is 71.0 Å². The van der Waals surface area contributed by atoms with Crippen LogP contribution in [0.4, 0.5) is 5.69 Å². The Kier molecular flexibility index (Phi) is 7.04. The Hall–Kier alpha value is -3.12. The Morgan fingerprint density at radius 3 is 2.34 bits per heavy atom. The second kappa shape index (κ2) is 9.86. The van der Waals surface area contributed by atoms with Gasteiger partial charge in [-0.05, 0) is 105 Å². The van der Waals surface area contributed by atoms with Gasteiger partial charge in [0.25, 0.3) is 10.0 Å². The van der Waals surface area contributed by atoms with Gasteiger partial charge < -0.3 is 4.74 Å². The maximum Gasteiger partial charge on any atom is 0.309 e. The van der Waals surface area contributed by atoms with Crippen molar-refractivity contribution < 1.29 is 17.9 Å². The molecule has 0 spiro atoms. The lowest BCUT2D eigenvalue weighted by molar-refractivity contribution is -0.148. The van der Waals surface area contributed by atoms with Crippen LogP contribution in [-0.4, -0.2) is 21.0 Å². The molecule has 5 nitrogen and oxygen atoms in total. The third-order valence-electron chi connectivity index (χ3n) is 7.07. The van der Waals surface area contributed by atoms with Gasteiger partial charge in [-0.1, -0.05) is 36.4 Å². The summed E-state index contributed by atoms with van der Waals surface area (Å²) in [5, 5.41) is 1.81. The highest BCUT2D eigenvalue weighted by Gasteiger charge is 2.25. The lowest BCUT2D eigenvalue weighted by Crippen LogP contribution is -2.19. The smallest absolute Gasteiger partial charge is 0.309 e. The van der Waals surface area contributed by atoms with Gasteiger partial charge in [0.05, 0.1) is 23.1 Å². The lowest BCUT2D eigenvalue weighted by atomic mass is 9.86. The molecule has 0 aliphatic heterocycles. The van der Waals surface area contributed by atoms with E-state index in [0.717, 1.165) is 57.0 Å². The van der Waals surface area contributed by atoms with E-state index in [4.69, 9.17) is 4.74 Å². The molecule has 184 valence electrons. The Bertz CT molecular complexity index is 1410. The number of carbonyl (C=O) groups is 1. The third kappa shape index (κ3) is 4.98. The fraction of sp³-hybridized carbons (Fsp3) is 0.345. The predicted molar refractivity (Wildman–Crippen MR) is 142 cm³/mol. The molecule has 0 amide bonds. The first-order chi connectivity index (χ1) is 16.6. The zero-order valence-electron chi connectivity index (χ0n) is 21.1. The molecule has 1 N–H and O–H groups in total. The topological polar surface area (TPSA) is 72.5 Å². The van der Waals surface area contributed by atoms with Crippen LogP contribution >= 0.6 is 0 Å². The van der Waals surface area contributed by atoms with Crippen molar-refractivity contribution in [1.29, 1.82) is 0 Å². The highest BCUT2D eigenvalue weighted by molar-refractivity contribution is 7.92. The number of hydrogen-bond acceptors (Lipinski definition) is 4. The van der Waals surface area contributed by atoms with E-state index in [1.54, 1.807) is 0 Å². The van der Waals surface area contributed by atoms with Crippen molar-refractivity contribution in [2.45, 2.75) is 58.8 Å². The van der Waals surface area contributed by atoms with E-state index in [-0.39, 0.29) is 11.9 Å². The molecule has 3 aromatic carbocycles. The van der Waals surface area contributed by atoms with Crippen molar-refractivity contribution in [2.24, 2.45) is 5.92 Å². The molecule has 1 unspecified atom stereocenters. The van der Waals surface area contributed by atoms with E-state index >= 15 is 0 Å². The summed E-state index contributed by atoms with van der Waals surface area (Å²) in [4.78, 5) is 12.5. The first kappa shape index (κ1) is 25.0. The summed E-state index contributed by atoms with van der Waals surface area (Å²) in [6.07, 6.45) is 4.18. The van der Waals surface area contributed by atoms with Crippen molar-refractivity contribution in [2.75, 3.05) is 11.3 Å². The summed E-state index contributed by atoms with van der Waals surface area (Å²) >= 11 is 0. The molecule has 0 bridgehead atoms. The molecule has 6 heteroatoms. The Morgan fingerprint density at radius 2 is 1.71 bits per heavy atom. The van der Waals surface area contributed by atoms with Crippen LogP contribution in [-0.2, 0) is 19.6 Å². The predicted octanol–water partition coefficient (Wildman–Crippen LogP) is 6.62. The number of benzene rings is 3. The van der Waals surface area contributed by atoms with Crippen LogP contribution in [0.3, 0.4) is 0 Å². The first-order valence-electron chi connectivity index (χ1n) is 12.1. The van der Waals surface area contributed by atoms with Crippen LogP contribution in [0, 0.1) is 33.6 Å². The summed E-state index contributed by atoms with van der Waals surface area (Å²) in [5.74, 6) is -0.262. The zero-order chi connectivity index (χ0) is 25.3. The number of allylic oxidation sites excluding steroid dienone is 2. The van der Waals surface area contributed by atoms with Gasteiger partial charge in [-0.3, -0.25) is 9.52 Å². The summed E-state index contributed by atoms with van der Waals surface area (Å²) in [6.45, 7) is 9.81. The number of esters is 1. The molecule has 0 aromatic heterocycles. The minimum atomic E-state index is -3.82. The molecule has 4 rings (SSSR count). The van der Waals surface area contributed by atoms with Crippen LogP contribution in [0.5, 0.6) is 0 Å². The van der Waals surface area contributed by atoms with Crippen LogP contribution in [0.15, 0.2) is 53.4 Å². The highest BCUT2D eigenvalue weighted by atomic mass is 32.2.